The maximum absolute atomic E-state index is 4.51. The minimum atomic E-state index is 0.340. The third-order valence-corrected chi connectivity index (χ3v) is 3.42. The average Bonchev–Trinajstić information content (AvgIpc) is 2.30. The van der Waals surface area contributed by atoms with E-state index in [1.54, 1.807) is 11.3 Å². The summed E-state index contributed by atoms with van der Waals surface area (Å²) in [6, 6.07) is 0. The Morgan fingerprint density at radius 3 is 2.64 bits per heavy atom. The molecule has 3 heteroatoms. The molecular weight excluding hydrogens is 258 g/mol. The van der Waals surface area contributed by atoms with Crippen molar-refractivity contribution in [3.05, 3.63) is 16.1 Å². The summed E-state index contributed by atoms with van der Waals surface area (Å²) in [6.45, 7) is 8.87. The van der Waals surface area contributed by atoms with Crippen LogP contribution in [-0.2, 0) is 6.42 Å². The maximum Gasteiger partial charge on any atom is 0.0933 e. The van der Waals surface area contributed by atoms with Crippen molar-refractivity contribution in [3.8, 4) is 0 Å². The molecule has 14 heavy (non-hydrogen) atoms. The summed E-state index contributed by atoms with van der Waals surface area (Å²) in [5, 5.41) is 3.39. The highest BCUT2D eigenvalue weighted by atomic mass is 79.9. The molecule has 0 amide bonds. The number of halogens is 1. The Bertz CT molecular complexity index is 291. The van der Waals surface area contributed by atoms with Gasteiger partial charge in [-0.2, -0.15) is 0 Å². The van der Waals surface area contributed by atoms with Crippen molar-refractivity contribution in [3.63, 3.8) is 0 Å². The highest BCUT2D eigenvalue weighted by molar-refractivity contribution is 9.09. The largest absolute Gasteiger partial charge is 0.247 e. The molecule has 0 aliphatic heterocycles. The van der Waals surface area contributed by atoms with E-state index in [-0.39, 0.29) is 0 Å². The zero-order chi connectivity index (χ0) is 10.8. The van der Waals surface area contributed by atoms with E-state index in [2.05, 4.69) is 54.0 Å². The molecular formula is C11H18BrNS. The molecule has 1 unspecified atom stereocenters. The van der Waals surface area contributed by atoms with Crippen LogP contribution in [0.5, 0.6) is 0 Å². The fourth-order valence-electron chi connectivity index (χ4n) is 1.73. The van der Waals surface area contributed by atoms with Crippen LogP contribution in [0.4, 0.5) is 0 Å². The van der Waals surface area contributed by atoms with Gasteiger partial charge in [-0.05, 0) is 18.8 Å². The Balaban J connectivity index is 2.58. The van der Waals surface area contributed by atoms with Crippen molar-refractivity contribution in [2.75, 3.05) is 0 Å². The molecule has 80 valence electrons. The molecule has 0 radical (unpaired) electrons. The first kappa shape index (κ1) is 12.2. The second-order valence-electron chi connectivity index (χ2n) is 4.71. The lowest BCUT2D eigenvalue weighted by atomic mass is 9.85. The lowest BCUT2D eigenvalue weighted by Gasteiger charge is -2.24. The summed E-state index contributed by atoms with van der Waals surface area (Å²) in [4.78, 5) is 5.09. The molecule has 0 fully saturated rings. The molecule has 0 aliphatic carbocycles. The molecule has 0 saturated carbocycles. The third-order valence-electron chi connectivity index (χ3n) is 2.13. The molecule has 0 N–H and O–H groups in total. The number of aryl methyl sites for hydroxylation is 1. The molecule has 0 spiro atoms. The van der Waals surface area contributed by atoms with E-state index in [0.717, 1.165) is 12.1 Å². The highest BCUT2D eigenvalue weighted by Crippen LogP contribution is 2.30. The van der Waals surface area contributed by atoms with Gasteiger partial charge in [0.05, 0.1) is 5.01 Å². The van der Waals surface area contributed by atoms with Crippen LogP contribution in [-0.4, -0.2) is 9.81 Å². The van der Waals surface area contributed by atoms with Crippen molar-refractivity contribution in [2.24, 2.45) is 5.41 Å². The average molecular weight is 276 g/mol. The molecule has 0 aromatic carbocycles. The van der Waals surface area contributed by atoms with Crippen LogP contribution in [0.2, 0.25) is 0 Å². The van der Waals surface area contributed by atoms with E-state index < -0.39 is 0 Å². The Morgan fingerprint density at radius 2 is 2.21 bits per heavy atom. The number of alkyl halides is 1. The fraction of sp³-hybridized carbons (Fsp3) is 0.727. The Labute approximate surface area is 99.1 Å². The summed E-state index contributed by atoms with van der Waals surface area (Å²) in [6.07, 6.45) is 2.27. The quantitative estimate of drug-likeness (QED) is 0.751. The molecule has 0 aliphatic rings. The number of rotatable bonds is 4. The van der Waals surface area contributed by atoms with Crippen molar-refractivity contribution < 1.29 is 0 Å². The first-order valence-electron chi connectivity index (χ1n) is 4.94. The van der Waals surface area contributed by atoms with Crippen LogP contribution >= 0.6 is 27.3 Å². The molecule has 0 bridgehead atoms. The Kier molecular flexibility index (Phi) is 4.14. The van der Waals surface area contributed by atoms with E-state index >= 15 is 0 Å². The predicted molar refractivity (Wildman–Crippen MR) is 67.3 cm³/mol. The molecule has 1 nitrogen and oxygen atoms in total. The Hall–Kier alpha value is 0.110. The zero-order valence-corrected chi connectivity index (χ0v) is 11.7. The van der Waals surface area contributed by atoms with Crippen molar-refractivity contribution in [1.29, 1.82) is 0 Å². The molecule has 0 saturated heterocycles. The lowest BCUT2D eigenvalue weighted by molar-refractivity contribution is 0.334. The summed E-state index contributed by atoms with van der Waals surface area (Å²) < 4.78 is 0. The molecule has 1 atom stereocenters. The van der Waals surface area contributed by atoms with Crippen LogP contribution < -0.4 is 0 Å². The van der Waals surface area contributed by atoms with Crippen molar-refractivity contribution >= 4 is 27.3 Å². The van der Waals surface area contributed by atoms with Crippen molar-refractivity contribution in [1.82, 2.24) is 4.98 Å². The molecule has 1 aromatic heterocycles. The van der Waals surface area contributed by atoms with Crippen LogP contribution in [0.15, 0.2) is 5.38 Å². The summed E-state index contributed by atoms with van der Waals surface area (Å²) in [5.41, 5.74) is 1.49. The number of hydrogen-bond acceptors (Lipinski definition) is 2. The summed E-state index contributed by atoms with van der Waals surface area (Å²) in [7, 11) is 0. The minimum absolute atomic E-state index is 0.340. The van der Waals surface area contributed by atoms with Gasteiger partial charge in [0, 0.05) is 22.3 Å². The monoisotopic (exact) mass is 275 g/mol. The van der Waals surface area contributed by atoms with Gasteiger partial charge in [0.15, 0.2) is 0 Å². The second-order valence-corrected chi connectivity index (χ2v) is 7.21. The van der Waals surface area contributed by atoms with Crippen LogP contribution in [0.3, 0.4) is 0 Å². The van der Waals surface area contributed by atoms with Gasteiger partial charge in [-0.25, -0.2) is 4.98 Å². The first-order chi connectivity index (χ1) is 6.39. The Morgan fingerprint density at radius 1 is 1.57 bits per heavy atom. The SMILES string of the molecule is Cc1csc(CC(C)(C)CC(C)Br)n1. The van der Waals surface area contributed by atoms with E-state index in [9.17, 15) is 0 Å². The van der Waals surface area contributed by atoms with Gasteiger partial charge in [-0.1, -0.05) is 36.7 Å². The number of thiazole rings is 1. The number of aromatic nitrogens is 1. The van der Waals surface area contributed by atoms with E-state index in [4.69, 9.17) is 0 Å². The van der Waals surface area contributed by atoms with Gasteiger partial charge in [-0.15, -0.1) is 11.3 Å². The van der Waals surface area contributed by atoms with Gasteiger partial charge < -0.3 is 0 Å². The highest BCUT2D eigenvalue weighted by Gasteiger charge is 2.21. The zero-order valence-electron chi connectivity index (χ0n) is 9.30. The van der Waals surface area contributed by atoms with Gasteiger partial charge in [-0.3, -0.25) is 0 Å². The van der Waals surface area contributed by atoms with Crippen molar-refractivity contribution in [2.45, 2.75) is 45.4 Å². The van der Waals surface area contributed by atoms with Gasteiger partial charge in [0.2, 0.25) is 0 Å². The first-order valence-corrected chi connectivity index (χ1v) is 6.74. The normalized spacial score (nSPS) is 14.4. The van der Waals surface area contributed by atoms with Gasteiger partial charge in [0.1, 0.15) is 0 Å². The minimum Gasteiger partial charge on any atom is -0.247 e. The summed E-state index contributed by atoms with van der Waals surface area (Å²) in [5.74, 6) is 0. The third kappa shape index (κ3) is 4.09. The topological polar surface area (TPSA) is 12.9 Å². The number of nitrogens with zero attached hydrogens (tertiary/aromatic N) is 1. The molecule has 1 rings (SSSR count). The van der Waals surface area contributed by atoms with Gasteiger partial charge >= 0.3 is 0 Å². The van der Waals surface area contributed by atoms with E-state index in [1.165, 1.54) is 11.4 Å². The van der Waals surface area contributed by atoms with Crippen LogP contribution in [0.1, 0.15) is 37.9 Å². The smallest absolute Gasteiger partial charge is 0.0933 e. The van der Waals surface area contributed by atoms with E-state index in [1.807, 2.05) is 0 Å². The fourth-order valence-corrected chi connectivity index (χ4v) is 3.63. The predicted octanol–water partition coefficient (Wildman–Crippen LogP) is 4.19. The maximum atomic E-state index is 4.51. The standard InChI is InChI=1S/C11H18BrNS/c1-8(12)5-11(3,4)6-10-13-9(2)7-14-10/h7-8H,5-6H2,1-4H3. The second kappa shape index (κ2) is 4.75. The van der Waals surface area contributed by atoms with Crippen LogP contribution in [0, 0.1) is 12.3 Å². The summed E-state index contributed by atoms with van der Waals surface area (Å²) >= 11 is 5.39. The van der Waals surface area contributed by atoms with Crippen LogP contribution in [0.25, 0.3) is 0 Å². The van der Waals surface area contributed by atoms with E-state index in [0.29, 0.717) is 10.2 Å². The molecule has 1 aromatic rings. The van der Waals surface area contributed by atoms with Gasteiger partial charge in [0.25, 0.3) is 0 Å². The number of hydrogen-bond donors (Lipinski definition) is 0. The lowest BCUT2D eigenvalue weighted by Crippen LogP contribution is -2.18. The molecule has 1 heterocycles.